The zero-order valence-corrected chi connectivity index (χ0v) is 13.3. The number of nitrogens with one attached hydrogen (secondary N) is 1. The molecule has 0 saturated carbocycles. The first-order valence-corrected chi connectivity index (χ1v) is 7.47. The Morgan fingerprint density at radius 1 is 1.41 bits per heavy atom. The maximum Gasteiger partial charge on any atom is 0.120 e. The molecule has 0 fully saturated rings. The highest BCUT2D eigenvalue weighted by Gasteiger charge is 2.13. The number of hydrogen-bond donors (Lipinski definition) is 1. The molecule has 1 heterocycles. The highest BCUT2D eigenvalue weighted by atomic mass is 16.5. The van der Waals surface area contributed by atoms with Crippen LogP contribution in [0.25, 0.3) is 0 Å². The quantitative estimate of drug-likeness (QED) is 0.798. The van der Waals surface area contributed by atoms with E-state index in [-0.39, 0.29) is 12.1 Å². The van der Waals surface area contributed by atoms with E-state index in [0.717, 1.165) is 12.3 Å². The van der Waals surface area contributed by atoms with Crippen LogP contribution in [-0.4, -0.2) is 29.0 Å². The molecule has 5 nitrogen and oxygen atoms in total. The van der Waals surface area contributed by atoms with Gasteiger partial charge in [0.2, 0.25) is 0 Å². The van der Waals surface area contributed by atoms with Crippen LogP contribution in [0.2, 0.25) is 0 Å². The molecule has 2 aromatic rings. The number of nitrogens with zero attached hydrogens (tertiary/aromatic N) is 3. The molecule has 0 spiro atoms. The lowest BCUT2D eigenvalue weighted by Crippen LogP contribution is -2.36. The molecule has 1 aromatic carbocycles. The number of aromatic nitrogens is 2. The normalized spacial score (nSPS) is 13.4. The van der Waals surface area contributed by atoms with Crippen LogP contribution < -0.4 is 10.1 Å². The smallest absolute Gasteiger partial charge is 0.120 e. The van der Waals surface area contributed by atoms with Crippen molar-refractivity contribution in [3.63, 3.8) is 0 Å². The third-order valence-electron chi connectivity index (χ3n) is 3.67. The fourth-order valence-corrected chi connectivity index (χ4v) is 2.17. The fraction of sp³-hybridized carbons (Fsp3) is 0.412. The molecule has 0 radical (unpaired) electrons. The molecule has 0 unspecified atom stereocenters. The molecular weight excluding hydrogens is 276 g/mol. The van der Waals surface area contributed by atoms with Crippen molar-refractivity contribution in [1.29, 1.82) is 5.26 Å². The van der Waals surface area contributed by atoms with Gasteiger partial charge in [-0.1, -0.05) is 6.07 Å². The Hall–Kier alpha value is -2.32. The number of nitriles is 1. The average molecular weight is 298 g/mol. The van der Waals surface area contributed by atoms with Crippen LogP contribution in [0.4, 0.5) is 0 Å². The monoisotopic (exact) mass is 298 g/mol. The van der Waals surface area contributed by atoms with Crippen molar-refractivity contribution in [2.45, 2.75) is 32.9 Å². The summed E-state index contributed by atoms with van der Waals surface area (Å²) in [6.45, 7) is 7.61. The molecule has 2 atom stereocenters. The number of aryl methyl sites for hydroxylation is 1. The molecule has 116 valence electrons. The fourth-order valence-electron chi connectivity index (χ4n) is 2.17. The minimum absolute atomic E-state index is 0.274. The van der Waals surface area contributed by atoms with Crippen molar-refractivity contribution >= 4 is 0 Å². The van der Waals surface area contributed by atoms with Gasteiger partial charge in [-0.3, -0.25) is 4.68 Å². The van der Waals surface area contributed by atoms with Crippen molar-refractivity contribution < 1.29 is 4.74 Å². The molecule has 0 bridgehead atoms. The van der Waals surface area contributed by atoms with E-state index in [9.17, 15) is 0 Å². The van der Waals surface area contributed by atoms with Gasteiger partial charge in [0.25, 0.3) is 0 Å². The first-order valence-electron chi connectivity index (χ1n) is 7.47. The molecule has 1 N–H and O–H groups in total. The van der Waals surface area contributed by atoms with Gasteiger partial charge in [-0.15, -0.1) is 0 Å². The summed E-state index contributed by atoms with van der Waals surface area (Å²) in [5.74, 6) is 0.726. The first-order chi connectivity index (χ1) is 10.6. The third-order valence-corrected chi connectivity index (χ3v) is 3.67. The number of hydrogen-bond acceptors (Lipinski definition) is 4. The standard InChI is InChI=1S/C17H22N4O/c1-13-11-20-21(12-13)15(3)14(2)19-7-8-22-17-6-4-5-16(9-17)10-18/h4-6,9,11-12,14-15,19H,7-8H2,1-3H3/t14-,15+/m0/s1. The summed E-state index contributed by atoms with van der Waals surface area (Å²) in [5, 5.41) is 16.6. The molecule has 0 aliphatic heterocycles. The van der Waals surface area contributed by atoms with Gasteiger partial charge in [-0.25, -0.2) is 0 Å². The lowest BCUT2D eigenvalue weighted by Gasteiger charge is -2.21. The van der Waals surface area contributed by atoms with Crippen molar-refractivity contribution in [3.05, 3.63) is 47.8 Å². The Morgan fingerprint density at radius 3 is 2.91 bits per heavy atom. The minimum atomic E-state index is 0.274. The Morgan fingerprint density at radius 2 is 2.23 bits per heavy atom. The molecule has 0 aliphatic carbocycles. The number of rotatable bonds is 7. The van der Waals surface area contributed by atoms with Crippen LogP contribution in [0, 0.1) is 18.3 Å². The van der Waals surface area contributed by atoms with E-state index in [1.807, 2.05) is 36.1 Å². The summed E-state index contributed by atoms with van der Waals surface area (Å²) in [6, 6.07) is 9.86. The lowest BCUT2D eigenvalue weighted by molar-refractivity contribution is 0.289. The second-order valence-electron chi connectivity index (χ2n) is 5.47. The average Bonchev–Trinajstić information content (AvgIpc) is 2.97. The number of ether oxygens (including phenoxy) is 1. The minimum Gasteiger partial charge on any atom is -0.492 e. The van der Waals surface area contributed by atoms with E-state index in [1.165, 1.54) is 5.56 Å². The molecule has 0 saturated heterocycles. The predicted molar refractivity (Wildman–Crippen MR) is 85.8 cm³/mol. The van der Waals surface area contributed by atoms with Gasteiger partial charge in [0, 0.05) is 18.8 Å². The predicted octanol–water partition coefficient (Wildman–Crippen LogP) is 2.68. The van der Waals surface area contributed by atoms with Crippen molar-refractivity contribution in [1.82, 2.24) is 15.1 Å². The SMILES string of the molecule is Cc1cnn([C@H](C)[C@H](C)NCCOc2cccc(C#N)c2)c1. The molecule has 1 aromatic heterocycles. The van der Waals surface area contributed by atoms with E-state index < -0.39 is 0 Å². The van der Waals surface area contributed by atoms with Crippen LogP contribution in [0.3, 0.4) is 0 Å². The topological polar surface area (TPSA) is 62.9 Å². The van der Waals surface area contributed by atoms with Gasteiger partial charge in [0.1, 0.15) is 12.4 Å². The maximum atomic E-state index is 8.85. The summed E-state index contributed by atoms with van der Waals surface area (Å²) in [5.41, 5.74) is 1.78. The zero-order chi connectivity index (χ0) is 15.9. The summed E-state index contributed by atoms with van der Waals surface area (Å²) >= 11 is 0. The third kappa shape index (κ3) is 4.34. The summed E-state index contributed by atoms with van der Waals surface area (Å²) in [7, 11) is 0. The van der Waals surface area contributed by atoms with Crippen LogP contribution in [0.15, 0.2) is 36.7 Å². The molecule has 0 amide bonds. The van der Waals surface area contributed by atoms with E-state index in [0.29, 0.717) is 12.2 Å². The second kappa shape index (κ2) is 7.62. The Labute approximate surface area is 131 Å². The first kappa shape index (κ1) is 16.1. The van der Waals surface area contributed by atoms with Gasteiger partial charge < -0.3 is 10.1 Å². The van der Waals surface area contributed by atoms with Crippen molar-refractivity contribution in [3.8, 4) is 11.8 Å². The second-order valence-corrected chi connectivity index (χ2v) is 5.47. The lowest BCUT2D eigenvalue weighted by atomic mass is 10.2. The van der Waals surface area contributed by atoms with Gasteiger partial charge >= 0.3 is 0 Å². The van der Waals surface area contributed by atoms with Crippen molar-refractivity contribution in [2.75, 3.05) is 13.2 Å². The van der Waals surface area contributed by atoms with Gasteiger partial charge in [-0.2, -0.15) is 10.4 Å². The van der Waals surface area contributed by atoms with Crippen LogP contribution >= 0.6 is 0 Å². The Bertz CT molecular complexity index is 644. The largest absolute Gasteiger partial charge is 0.492 e. The molecule has 22 heavy (non-hydrogen) atoms. The van der Waals surface area contributed by atoms with E-state index in [2.05, 4.69) is 30.3 Å². The number of benzene rings is 1. The summed E-state index contributed by atoms with van der Waals surface area (Å²) in [4.78, 5) is 0. The summed E-state index contributed by atoms with van der Waals surface area (Å²) < 4.78 is 7.63. The maximum absolute atomic E-state index is 8.85. The molecular formula is C17H22N4O. The van der Waals surface area contributed by atoms with E-state index in [4.69, 9.17) is 10.00 Å². The highest BCUT2D eigenvalue weighted by Crippen LogP contribution is 2.13. The van der Waals surface area contributed by atoms with Gasteiger partial charge in [0.15, 0.2) is 0 Å². The van der Waals surface area contributed by atoms with Crippen LogP contribution in [0.5, 0.6) is 5.75 Å². The Balaban J connectivity index is 1.75. The van der Waals surface area contributed by atoms with Crippen LogP contribution in [-0.2, 0) is 0 Å². The molecule has 5 heteroatoms. The van der Waals surface area contributed by atoms with E-state index in [1.54, 1.807) is 12.1 Å². The van der Waals surface area contributed by atoms with E-state index >= 15 is 0 Å². The van der Waals surface area contributed by atoms with Crippen LogP contribution in [0.1, 0.15) is 31.0 Å². The van der Waals surface area contributed by atoms with Gasteiger partial charge in [0.05, 0.1) is 23.9 Å². The highest BCUT2D eigenvalue weighted by molar-refractivity contribution is 5.36. The zero-order valence-electron chi connectivity index (χ0n) is 13.3. The summed E-state index contributed by atoms with van der Waals surface area (Å²) in [6.07, 6.45) is 3.92. The molecule has 2 rings (SSSR count). The molecule has 0 aliphatic rings. The van der Waals surface area contributed by atoms with Crippen molar-refractivity contribution in [2.24, 2.45) is 0 Å². The van der Waals surface area contributed by atoms with Gasteiger partial charge in [-0.05, 0) is 44.5 Å². The Kier molecular flexibility index (Phi) is 5.56.